The quantitative estimate of drug-likeness (QED) is 0.500. The van der Waals surface area contributed by atoms with Gasteiger partial charge in [0.05, 0.1) is 16.3 Å². The van der Waals surface area contributed by atoms with E-state index < -0.39 is 9.84 Å². The molecule has 0 saturated carbocycles. The first kappa shape index (κ1) is 22.7. The Morgan fingerprint density at radius 3 is 2.35 bits per heavy atom. The number of carbonyl (C=O) groups excluding carboxylic acids is 1. The highest BCUT2D eigenvalue weighted by Crippen LogP contribution is 2.27. The number of aryl methyl sites for hydroxylation is 1. The fraction of sp³-hybridized carbons (Fsp3) is 0.304. The Bertz CT molecular complexity index is 1170. The van der Waals surface area contributed by atoms with Crippen LogP contribution >= 0.6 is 0 Å². The monoisotopic (exact) mass is 441 g/mol. The summed E-state index contributed by atoms with van der Waals surface area (Å²) >= 11 is 0. The maximum atomic E-state index is 12.2. The number of esters is 1. The summed E-state index contributed by atoms with van der Waals surface area (Å²) in [6.45, 7) is 2.92. The zero-order chi connectivity index (χ0) is 22.6. The number of sulfone groups is 1. The average Bonchev–Trinajstić information content (AvgIpc) is 3.07. The van der Waals surface area contributed by atoms with Gasteiger partial charge in [-0.25, -0.2) is 8.42 Å². The number of benzene rings is 2. The van der Waals surface area contributed by atoms with Crippen LogP contribution in [-0.4, -0.2) is 62.6 Å². The molecule has 0 aliphatic rings. The van der Waals surface area contributed by atoms with Gasteiger partial charge in [0, 0.05) is 12.8 Å². The van der Waals surface area contributed by atoms with E-state index in [2.05, 4.69) is 5.10 Å². The Morgan fingerprint density at radius 1 is 1.03 bits per heavy atom. The second kappa shape index (κ2) is 9.45. The summed E-state index contributed by atoms with van der Waals surface area (Å²) in [5.41, 5.74) is 4.26. The van der Waals surface area contributed by atoms with Gasteiger partial charge in [-0.3, -0.25) is 9.48 Å². The maximum Gasteiger partial charge on any atom is 0.327 e. The van der Waals surface area contributed by atoms with E-state index in [1.807, 2.05) is 62.3 Å². The van der Waals surface area contributed by atoms with E-state index in [1.165, 1.54) is 6.26 Å². The normalized spacial score (nSPS) is 11.6. The molecule has 1 heterocycles. The van der Waals surface area contributed by atoms with Crippen LogP contribution in [0.15, 0.2) is 59.5 Å². The lowest BCUT2D eigenvalue weighted by Gasteiger charge is -2.11. The molecule has 0 bridgehead atoms. The van der Waals surface area contributed by atoms with Gasteiger partial charge < -0.3 is 9.64 Å². The highest BCUT2D eigenvalue weighted by molar-refractivity contribution is 7.90. The zero-order valence-electron chi connectivity index (χ0n) is 18.2. The Labute approximate surface area is 183 Å². The molecule has 31 heavy (non-hydrogen) atoms. The van der Waals surface area contributed by atoms with Gasteiger partial charge in [-0.1, -0.05) is 36.4 Å². The topological polar surface area (TPSA) is 81.5 Å². The highest BCUT2D eigenvalue weighted by Gasteiger charge is 2.13. The molecule has 0 saturated heterocycles. The van der Waals surface area contributed by atoms with E-state index in [0.717, 1.165) is 28.1 Å². The van der Waals surface area contributed by atoms with Gasteiger partial charge in [0.25, 0.3) is 0 Å². The number of ether oxygens (including phenoxy) is 1. The van der Waals surface area contributed by atoms with Crippen LogP contribution in [0.25, 0.3) is 22.4 Å². The van der Waals surface area contributed by atoms with Crippen LogP contribution in [0.2, 0.25) is 0 Å². The minimum atomic E-state index is -3.27. The Kier molecular flexibility index (Phi) is 6.92. The summed E-state index contributed by atoms with van der Waals surface area (Å²) in [7, 11) is 0.572. The van der Waals surface area contributed by atoms with Crippen LogP contribution in [0.1, 0.15) is 5.69 Å². The number of likely N-dealkylation sites (N-methyl/N-ethyl adjacent to an activating group) is 1. The van der Waals surface area contributed by atoms with Gasteiger partial charge >= 0.3 is 5.97 Å². The molecule has 0 N–H and O–H groups in total. The number of nitrogens with zero attached hydrogens (tertiary/aromatic N) is 3. The molecule has 0 aliphatic heterocycles. The smallest absolute Gasteiger partial charge is 0.327 e. The molecule has 7 nitrogen and oxygen atoms in total. The van der Waals surface area contributed by atoms with Crippen LogP contribution in [0, 0.1) is 6.92 Å². The van der Waals surface area contributed by atoms with E-state index in [9.17, 15) is 13.2 Å². The molecule has 164 valence electrons. The van der Waals surface area contributed by atoms with Crippen molar-refractivity contribution in [2.45, 2.75) is 18.4 Å². The van der Waals surface area contributed by atoms with E-state index >= 15 is 0 Å². The van der Waals surface area contributed by atoms with Crippen LogP contribution in [0.4, 0.5) is 0 Å². The Morgan fingerprint density at radius 2 is 1.71 bits per heavy atom. The number of hydrogen-bond donors (Lipinski definition) is 0. The first-order valence-corrected chi connectivity index (χ1v) is 11.8. The molecule has 0 aliphatic carbocycles. The number of aromatic nitrogens is 2. The molecule has 0 unspecified atom stereocenters. The number of carbonyl (C=O) groups is 1. The summed E-state index contributed by atoms with van der Waals surface area (Å²) in [6.07, 6.45) is 1.20. The first-order chi connectivity index (χ1) is 14.6. The molecule has 0 amide bonds. The minimum absolute atomic E-state index is 0.0365. The Balaban J connectivity index is 1.80. The minimum Gasteiger partial charge on any atom is -0.463 e. The lowest BCUT2D eigenvalue weighted by molar-refractivity contribution is -0.144. The van der Waals surface area contributed by atoms with Gasteiger partial charge in [-0.2, -0.15) is 5.10 Å². The molecule has 3 aromatic rings. The SMILES string of the molecule is Cc1cc(-c2ccc(-c3cccc(S(C)(=O)=O)c3)cc2)n(CC(=O)OCCN(C)C)n1. The molecule has 0 fully saturated rings. The Hall–Kier alpha value is -2.97. The van der Waals surface area contributed by atoms with Gasteiger partial charge in [0.2, 0.25) is 0 Å². The summed E-state index contributed by atoms with van der Waals surface area (Å²) in [4.78, 5) is 14.4. The molecule has 0 spiro atoms. The van der Waals surface area contributed by atoms with Gasteiger partial charge in [0.15, 0.2) is 9.84 Å². The zero-order valence-corrected chi connectivity index (χ0v) is 19.0. The van der Waals surface area contributed by atoms with Crippen molar-refractivity contribution in [3.8, 4) is 22.4 Å². The van der Waals surface area contributed by atoms with Crippen molar-refractivity contribution in [1.29, 1.82) is 0 Å². The third kappa shape index (κ3) is 6.02. The molecule has 8 heteroatoms. The second-order valence-electron chi connectivity index (χ2n) is 7.73. The fourth-order valence-electron chi connectivity index (χ4n) is 3.15. The highest BCUT2D eigenvalue weighted by atomic mass is 32.2. The van der Waals surface area contributed by atoms with Crippen molar-refractivity contribution < 1.29 is 17.9 Å². The number of hydrogen-bond acceptors (Lipinski definition) is 6. The number of rotatable bonds is 8. The summed E-state index contributed by atoms with van der Waals surface area (Å²) < 4.78 is 30.6. The van der Waals surface area contributed by atoms with Crippen molar-refractivity contribution in [3.63, 3.8) is 0 Å². The summed E-state index contributed by atoms with van der Waals surface area (Å²) in [6, 6.07) is 16.5. The first-order valence-electron chi connectivity index (χ1n) is 9.89. The standard InChI is InChI=1S/C23H27N3O4S/c1-17-14-22(26(24-17)16-23(27)30-13-12-25(2)3)19-10-8-18(9-11-19)20-6-5-7-21(15-20)31(4,28)29/h5-11,14-15H,12-13,16H2,1-4H3. The summed E-state index contributed by atoms with van der Waals surface area (Å²) in [5, 5.41) is 4.43. The van der Waals surface area contributed by atoms with Crippen LogP contribution in [0.3, 0.4) is 0 Å². The van der Waals surface area contributed by atoms with Crippen LogP contribution < -0.4 is 0 Å². The van der Waals surface area contributed by atoms with E-state index in [4.69, 9.17) is 4.74 Å². The molecular weight excluding hydrogens is 414 g/mol. The molecule has 1 aromatic heterocycles. The van der Waals surface area contributed by atoms with Crippen molar-refractivity contribution >= 4 is 15.8 Å². The summed E-state index contributed by atoms with van der Waals surface area (Å²) in [5.74, 6) is -0.333. The predicted octanol–water partition coefficient (Wildman–Crippen LogP) is 3.03. The van der Waals surface area contributed by atoms with Crippen molar-refractivity contribution in [2.75, 3.05) is 33.5 Å². The van der Waals surface area contributed by atoms with Gasteiger partial charge in [0.1, 0.15) is 13.2 Å². The average molecular weight is 442 g/mol. The van der Waals surface area contributed by atoms with Gasteiger partial charge in [-0.15, -0.1) is 0 Å². The lowest BCUT2D eigenvalue weighted by Crippen LogP contribution is -2.22. The molecule has 0 radical (unpaired) electrons. The lowest BCUT2D eigenvalue weighted by atomic mass is 10.0. The molecule has 2 aromatic carbocycles. The van der Waals surface area contributed by atoms with Gasteiger partial charge in [-0.05, 0) is 55.9 Å². The third-order valence-corrected chi connectivity index (χ3v) is 5.87. The fourth-order valence-corrected chi connectivity index (χ4v) is 3.81. The van der Waals surface area contributed by atoms with Crippen LogP contribution in [-0.2, 0) is 25.9 Å². The molecular formula is C23H27N3O4S. The predicted molar refractivity (Wildman–Crippen MR) is 120 cm³/mol. The second-order valence-corrected chi connectivity index (χ2v) is 9.75. The van der Waals surface area contributed by atoms with Crippen molar-refractivity contribution in [2.24, 2.45) is 0 Å². The van der Waals surface area contributed by atoms with Crippen LogP contribution in [0.5, 0.6) is 0 Å². The maximum absolute atomic E-state index is 12.2. The van der Waals surface area contributed by atoms with E-state index in [-0.39, 0.29) is 17.4 Å². The molecule has 0 atom stereocenters. The van der Waals surface area contributed by atoms with Crippen molar-refractivity contribution in [1.82, 2.24) is 14.7 Å². The van der Waals surface area contributed by atoms with E-state index in [0.29, 0.717) is 13.2 Å². The van der Waals surface area contributed by atoms with E-state index in [1.54, 1.807) is 22.9 Å². The van der Waals surface area contributed by atoms with Crippen molar-refractivity contribution in [3.05, 3.63) is 60.3 Å². The largest absolute Gasteiger partial charge is 0.463 e. The third-order valence-electron chi connectivity index (χ3n) is 4.76. The molecule has 3 rings (SSSR count).